The van der Waals surface area contributed by atoms with Crippen LogP contribution < -0.4 is 16.2 Å². The Morgan fingerprint density at radius 3 is 2.62 bits per heavy atom. The van der Waals surface area contributed by atoms with E-state index in [0.29, 0.717) is 48.3 Å². The molecule has 0 unspecified atom stereocenters. The molecule has 2 N–H and O–H groups in total. The molecule has 208 valence electrons. The summed E-state index contributed by atoms with van der Waals surface area (Å²) in [5.41, 5.74) is 2.50. The van der Waals surface area contributed by atoms with Crippen LogP contribution in [-0.2, 0) is 29.0 Å². The van der Waals surface area contributed by atoms with Crippen LogP contribution >= 0.6 is 0 Å². The lowest BCUT2D eigenvalue weighted by Crippen LogP contribution is -2.39. The van der Waals surface area contributed by atoms with Crippen molar-refractivity contribution in [3.05, 3.63) is 64.1 Å². The number of amides is 2. The highest BCUT2D eigenvalue weighted by molar-refractivity contribution is 5.87. The number of hydrogen-bond acceptors (Lipinski definition) is 8. The molecule has 40 heavy (non-hydrogen) atoms. The molecule has 0 saturated carbocycles. The normalized spacial score (nSPS) is 13.2. The van der Waals surface area contributed by atoms with E-state index in [-0.39, 0.29) is 17.6 Å². The average Bonchev–Trinajstić information content (AvgIpc) is 3.17. The van der Waals surface area contributed by atoms with Crippen molar-refractivity contribution < 1.29 is 14.3 Å². The molecule has 0 saturated heterocycles. The Bertz CT molecular complexity index is 1670. The summed E-state index contributed by atoms with van der Waals surface area (Å²) in [6, 6.07) is 11.1. The molecule has 5 rings (SSSR count). The highest BCUT2D eigenvalue weighted by Crippen LogP contribution is 2.26. The van der Waals surface area contributed by atoms with Gasteiger partial charge >= 0.3 is 6.09 Å². The smallest absolute Gasteiger partial charge is 0.410 e. The monoisotopic (exact) mass is 544 g/mol. The van der Waals surface area contributed by atoms with Gasteiger partial charge < -0.3 is 20.3 Å². The summed E-state index contributed by atoms with van der Waals surface area (Å²) >= 11 is 0. The lowest BCUT2D eigenvalue weighted by atomic mass is 9.99. The van der Waals surface area contributed by atoms with Gasteiger partial charge in [-0.3, -0.25) is 9.59 Å². The second-order valence-corrected chi connectivity index (χ2v) is 10.6. The van der Waals surface area contributed by atoms with Gasteiger partial charge in [-0.1, -0.05) is 12.1 Å². The summed E-state index contributed by atoms with van der Waals surface area (Å²) in [4.78, 5) is 52.5. The maximum Gasteiger partial charge on any atom is 0.410 e. The predicted octanol–water partition coefficient (Wildman–Crippen LogP) is 3.99. The number of aromatic nitrogens is 5. The summed E-state index contributed by atoms with van der Waals surface area (Å²) in [6.07, 6.45) is 1.90. The van der Waals surface area contributed by atoms with Crippen LogP contribution in [0.4, 0.5) is 22.2 Å². The van der Waals surface area contributed by atoms with Crippen LogP contribution in [0.15, 0.2) is 47.4 Å². The topological polar surface area (TPSA) is 136 Å². The molecule has 1 aliphatic rings. The van der Waals surface area contributed by atoms with Crippen LogP contribution in [-0.4, -0.2) is 53.4 Å². The third-order valence-electron chi connectivity index (χ3n) is 6.36. The summed E-state index contributed by atoms with van der Waals surface area (Å²) in [6.45, 7) is 10.2. The summed E-state index contributed by atoms with van der Waals surface area (Å²) in [7, 11) is 0. The van der Waals surface area contributed by atoms with Crippen molar-refractivity contribution in [1.82, 2.24) is 29.2 Å². The standard InChI is InChI=1S/C28H32N8O4/c1-6-35-25(38)21-15-29-26(33-24(21)36(35)23-9-7-8-22(32-23)30-17(2)37)31-20-11-10-18-12-13-34(16-19(18)14-20)27(39)40-28(3,4)5/h7-11,14-15H,6,12-13,16H2,1-5H3,(H,29,31,33)(H,30,32,37). The number of rotatable bonds is 5. The fourth-order valence-corrected chi connectivity index (χ4v) is 4.64. The molecule has 4 aromatic rings. The third kappa shape index (κ3) is 5.51. The van der Waals surface area contributed by atoms with E-state index in [0.717, 1.165) is 17.7 Å². The quantitative estimate of drug-likeness (QED) is 0.385. The highest BCUT2D eigenvalue weighted by atomic mass is 16.6. The molecule has 0 radical (unpaired) electrons. The average molecular weight is 545 g/mol. The highest BCUT2D eigenvalue weighted by Gasteiger charge is 2.26. The van der Waals surface area contributed by atoms with Crippen LogP contribution in [0.2, 0.25) is 0 Å². The third-order valence-corrected chi connectivity index (χ3v) is 6.36. The molecule has 12 heteroatoms. The molecule has 1 aromatic carbocycles. The first-order valence-corrected chi connectivity index (χ1v) is 13.1. The molecule has 0 fully saturated rings. The fraction of sp³-hybridized carbons (Fsp3) is 0.357. The van der Waals surface area contributed by atoms with Gasteiger partial charge in [-0.05, 0) is 69.5 Å². The molecule has 0 bridgehead atoms. The zero-order chi connectivity index (χ0) is 28.6. The van der Waals surface area contributed by atoms with E-state index < -0.39 is 5.60 Å². The minimum absolute atomic E-state index is 0.244. The van der Waals surface area contributed by atoms with Crippen LogP contribution in [0, 0.1) is 0 Å². The molecule has 12 nitrogen and oxygen atoms in total. The van der Waals surface area contributed by atoms with Gasteiger partial charge in [0.25, 0.3) is 5.56 Å². The van der Waals surface area contributed by atoms with E-state index >= 15 is 0 Å². The molecule has 2 amide bonds. The Hall–Kier alpha value is -4.74. The van der Waals surface area contributed by atoms with E-state index in [1.807, 2.05) is 45.9 Å². The number of benzene rings is 1. The lowest BCUT2D eigenvalue weighted by Gasteiger charge is -2.31. The van der Waals surface area contributed by atoms with E-state index in [9.17, 15) is 14.4 Å². The van der Waals surface area contributed by atoms with Gasteiger partial charge in [0.2, 0.25) is 11.9 Å². The van der Waals surface area contributed by atoms with Crippen molar-refractivity contribution in [1.29, 1.82) is 0 Å². The van der Waals surface area contributed by atoms with Gasteiger partial charge in [0, 0.05) is 38.4 Å². The molecule has 0 spiro atoms. The number of carbonyl (C=O) groups is 2. The van der Waals surface area contributed by atoms with Crippen LogP contribution in [0.1, 0.15) is 45.7 Å². The second-order valence-electron chi connectivity index (χ2n) is 10.6. The Kier molecular flexibility index (Phi) is 7.01. The fourth-order valence-electron chi connectivity index (χ4n) is 4.64. The zero-order valence-electron chi connectivity index (χ0n) is 23.2. The Morgan fingerprint density at radius 2 is 1.90 bits per heavy atom. The minimum atomic E-state index is -0.560. The zero-order valence-corrected chi connectivity index (χ0v) is 23.2. The number of fused-ring (bicyclic) bond motifs is 2. The van der Waals surface area contributed by atoms with Crippen molar-refractivity contribution >= 4 is 40.5 Å². The minimum Gasteiger partial charge on any atom is -0.444 e. The largest absolute Gasteiger partial charge is 0.444 e. The van der Waals surface area contributed by atoms with Gasteiger partial charge in [0.15, 0.2) is 11.5 Å². The Balaban J connectivity index is 1.46. The van der Waals surface area contributed by atoms with E-state index in [2.05, 4.69) is 25.6 Å². The SMILES string of the molecule is CCn1c(=O)c2cnc(Nc3ccc4c(c3)CN(C(=O)OC(C)(C)C)CC4)nc2n1-c1cccc(NC(C)=O)n1. The number of pyridine rings is 1. The van der Waals surface area contributed by atoms with Gasteiger partial charge in [-0.25, -0.2) is 24.1 Å². The van der Waals surface area contributed by atoms with Crippen molar-refractivity contribution in [3.8, 4) is 5.82 Å². The summed E-state index contributed by atoms with van der Waals surface area (Å²) in [5, 5.41) is 6.25. The van der Waals surface area contributed by atoms with E-state index in [4.69, 9.17) is 4.74 Å². The lowest BCUT2D eigenvalue weighted by molar-refractivity contribution is -0.114. The number of nitrogens with one attached hydrogen (secondary N) is 2. The first-order chi connectivity index (χ1) is 19.0. The number of ether oxygens (including phenoxy) is 1. The van der Waals surface area contributed by atoms with Gasteiger partial charge in [-0.2, -0.15) is 4.98 Å². The predicted molar refractivity (Wildman–Crippen MR) is 151 cm³/mol. The summed E-state index contributed by atoms with van der Waals surface area (Å²) < 4.78 is 8.70. The second kappa shape index (κ2) is 10.4. The molecule has 0 atom stereocenters. The number of carbonyl (C=O) groups excluding carboxylic acids is 2. The maximum absolute atomic E-state index is 13.1. The van der Waals surface area contributed by atoms with Crippen molar-refractivity contribution in [2.24, 2.45) is 0 Å². The molecule has 1 aliphatic heterocycles. The molecule has 0 aliphatic carbocycles. The van der Waals surface area contributed by atoms with Gasteiger partial charge in [0.05, 0.1) is 0 Å². The maximum atomic E-state index is 13.1. The van der Waals surface area contributed by atoms with Crippen LogP contribution in [0.3, 0.4) is 0 Å². The van der Waals surface area contributed by atoms with Crippen molar-refractivity contribution in [3.63, 3.8) is 0 Å². The number of nitrogens with zero attached hydrogens (tertiary/aromatic N) is 6. The Labute approximate surface area is 231 Å². The molecule has 4 heterocycles. The molecular weight excluding hydrogens is 512 g/mol. The van der Waals surface area contributed by atoms with Crippen LogP contribution in [0.5, 0.6) is 0 Å². The van der Waals surface area contributed by atoms with Crippen molar-refractivity contribution in [2.75, 3.05) is 17.2 Å². The number of hydrogen-bond donors (Lipinski definition) is 2. The summed E-state index contributed by atoms with van der Waals surface area (Å²) in [5.74, 6) is 0.847. The molecule has 3 aromatic heterocycles. The number of anilines is 3. The van der Waals surface area contributed by atoms with E-state index in [1.54, 1.807) is 27.8 Å². The van der Waals surface area contributed by atoms with Gasteiger partial charge in [-0.15, -0.1) is 0 Å². The molecular formula is C28H32N8O4. The van der Waals surface area contributed by atoms with E-state index in [1.165, 1.54) is 23.4 Å². The Morgan fingerprint density at radius 1 is 1.10 bits per heavy atom. The first kappa shape index (κ1) is 26.9. The first-order valence-electron chi connectivity index (χ1n) is 13.1. The van der Waals surface area contributed by atoms with Crippen molar-refractivity contribution in [2.45, 2.75) is 59.7 Å². The van der Waals surface area contributed by atoms with Crippen LogP contribution in [0.25, 0.3) is 16.9 Å². The van der Waals surface area contributed by atoms with Gasteiger partial charge in [0.1, 0.15) is 16.8 Å².